The first-order valence-electron chi connectivity index (χ1n) is 8.10. The van der Waals surface area contributed by atoms with Gasteiger partial charge in [-0.15, -0.1) is 27.7 Å². The van der Waals surface area contributed by atoms with Crippen LogP contribution in [0.25, 0.3) is 22.3 Å². The lowest BCUT2D eigenvalue weighted by Gasteiger charge is -2.11. The second kappa shape index (κ2) is 7.89. The summed E-state index contributed by atoms with van der Waals surface area (Å²) >= 11 is 0. The molecule has 3 rings (SSSR count). The van der Waals surface area contributed by atoms with Gasteiger partial charge in [-0.25, -0.2) is 0 Å². The molecule has 3 unspecified atom stereocenters. The molecule has 0 amide bonds. The van der Waals surface area contributed by atoms with Crippen molar-refractivity contribution in [3.05, 3.63) is 77.4 Å². The Morgan fingerprint density at radius 3 is 2.00 bits per heavy atom. The van der Waals surface area contributed by atoms with Gasteiger partial charge in [-0.05, 0) is 69.6 Å². The molecule has 24 heavy (non-hydrogen) atoms. The Morgan fingerprint density at radius 1 is 0.708 bits per heavy atom. The molecule has 0 fully saturated rings. The Balaban J connectivity index is 2.08. The lowest BCUT2D eigenvalue weighted by Crippen LogP contribution is -1.93. The van der Waals surface area contributed by atoms with Gasteiger partial charge in [0.05, 0.1) is 0 Å². The molecule has 0 saturated carbocycles. The van der Waals surface area contributed by atoms with E-state index in [2.05, 4.69) is 95.3 Å². The van der Waals surface area contributed by atoms with Crippen molar-refractivity contribution < 1.29 is 0 Å². The minimum atomic E-state index is 0.986. The summed E-state index contributed by atoms with van der Waals surface area (Å²) < 4.78 is 0. The van der Waals surface area contributed by atoms with Crippen molar-refractivity contribution in [2.75, 3.05) is 0 Å². The highest BCUT2D eigenvalue weighted by Crippen LogP contribution is 2.30. The summed E-state index contributed by atoms with van der Waals surface area (Å²) in [6.07, 6.45) is 1.97. The van der Waals surface area contributed by atoms with Crippen molar-refractivity contribution in [2.24, 2.45) is 0 Å². The summed E-state index contributed by atoms with van der Waals surface area (Å²) in [5.41, 5.74) is 9.20. The van der Waals surface area contributed by atoms with Crippen molar-refractivity contribution in [2.45, 2.75) is 19.2 Å². The highest BCUT2D eigenvalue weighted by Gasteiger charge is 2.06. The van der Waals surface area contributed by atoms with E-state index in [0.717, 1.165) is 12.3 Å². The van der Waals surface area contributed by atoms with Gasteiger partial charge in [-0.1, -0.05) is 54.6 Å². The van der Waals surface area contributed by atoms with Gasteiger partial charge in [0, 0.05) is 0 Å². The molecule has 0 aromatic heterocycles. The van der Waals surface area contributed by atoms with Crippen LogP contribution in [0, 0.1) is 6.92 Å². The third kappa shape index (κ3) is 3.95. The predicted octanol–water partition coefficient (Wildman–Crippen LogP) is 5.58. The third-order valence-electron chi connectivity index (χ3n) is 4.28. The molecule has 0 N–H and O–H groups in total. The number of rotatable bonds is 4. The van der Waals surface area contributed by atoms with Crippen molar-refractivity contribution in [3.8, 4) is 22.3 Å². The van der Waals surface area contributed by atoms with Crippen LogP contribution in [0.15, 0.2) is 60.7 Å². The lowest BCUT2D eigenvalue weighted by molar-refractivity contribution is 1.33. The predicted molar refractivity (Wildman–Crippen MR) is 118 cm³/mol. The SMILES string of the molecule is Cc1cc(P)ccc1-c1cccc(-c2cc(CP)cc(CP)c2)c1. The van der Waals surface area contributed by atoms with E-state index in [1.807, 2.05) is 0 Å². The molecule has 3 heteroatoms. The zero-order valence-electron chi connectivity index (χ0n) is 13.9. The maximum absolute atomic E-state index is 2.83. The third-order valence-corrected chi connectivity index (χ3v) is 5.58. The van der Waals surface area contributed by atoms with Gasteiger partial charge in [0.25, 0.3) is 0 Å². The summed E-state index contributed by atoms with van der Waals surface area (Å²) in [4.78, 5) is 0. The summed E-state index contributed by atoms with van der Waals surface area (Å²) in [5, 5.41) is 1.23. The molecular weight excluding hydrogens is 345 g/mol. The average Bonchev–Trinajstić information content (AvgIpc) is 2.61. The van der Waals surface area contributed by atoms with Crippen molar-refractivity contribution in [1.82, 2.24) is 0 Å². The molecule has 0 bridgehead atoms. The molecule has 0 aliphatic rings. The first-order chi connectivity index (χ1) is 11.6. The molecule has 3 aromatic rings. The molecule has 3 aromatic carbocycles. The topological polar surface area (TPSA) is 0 Å². The van der Waals surface area contributed by atoms with E-state index in [1.165, 1.54) is 44.2 Å². The van der Waals surface area contributed by atoms with Gasteiger partial charge < -0.3 is 0 Å². The summed E-state index contributed by atoms with van der Waals surface area (Å²) in [6.45, 7) is 2.18. The van der Waals surface area contributed by atoms with Crippen molar-refractivity contribution >= 4 is 33.0 Å². The second-order valence-corrected chi connectivity index (χ2v) is 7.58. The molecule has 3 atom stereocenters. The monoisotopic (exact) mass is 368 g/mol. The Kier molecular flexibility index (Phi) is 5.84. The maximum atomic E-state index is 2.83. The van der Waals surface area contributed by atoms with Gasteiger partial charge in [0.15, 0.2) is 0 Å². The fourth-order valence-electron chi connectivity index (χ4n) is 3.04. The summed E-state index contributed by atoms with van der Waals surface area (Å²) in [6, 6.07) is 22.3. The quantitative estimate of drug-likeness (QED) is 0.528. The van der Waals surface area contributed by atoms with Gasteiger partial charge in [-0.2, -0.15) is 0 Å². The highest BCUT2D eigenvalue weighted by atomic mass is 31.0. The molecule has 0 aliphatic heterocycles. The van der Waals surface area contributed by atoms with Crippen molar-refractivity contribution in [3.63, 3.8) is 0 Å². The molecular formula is C21H23P3. The maximum Gasteiger partial charge on any atom is -0.0128 e. The second-order valence-electron chi connectivity index (χ2n) is 6.10. The van der Waals surface area contributed by atoms with Crippen LogP contribution in [-0.2, 0) is 12.3 Å². The Morgan fingerprint density at radius 2 is 1.38 bits per heavy atom. The molecule has 0 spiro atoms. The normalized spacial score (nSPS) is 10.8. The lowest BCUT2D eigenvalue weighted by atomic mass is 9.95. The zero-order valence-corrected chi connectivity index (χ0v) is 17.4. The molecule has 0 saturated heterocycles. The molecule has 0 nitrogen and oxygen atoms in total. The van der Waals surface area contributed by atoms with Crippen LogP contribution < -0.4 is 5.30 Å². The van der Waals surface area contributed by atoms with Crippen LogP contribution in [0.1, 0.15) is 16.7 Å². The van der Waals surface area contributed by atoms with Crippen LogP contribution in [0.3, 0.4) is 0 Å². The zero-order chi connectivity index (χ0) is 17.1. The number of benzene rings is 3. The molecule has 0 aliphatic carbocycles. The largest absolute Gasteiger partial charge is 0.133 e. The molecule has 0 radical (unpaired) electrons. The van der Waals surface area contributed by atoms with Crippen LogP contribution >= 0.6 is 27.7 Å². The fourth-order valence-corrected chi connectivity index (χ4v) is 3.86. The standard InChI is InChI=1S/C21H23P3/c1-14-7-20(24)5-6-21(14)18-4-2-3-17(11-18)19-9-15(12-22)8-16(10-19)13-23/h2-11H,12-13,22-24H2,1H3. The number of hydrogen-bond acceptors (Lipinski definition) is 0. The minimum Gasteiger partial charge on any atom is -0.133 e. The number of aryl methyl sites for hydroxylation is 1. The van der Waals surface area contributed by atoms with E-state index in [9.17, 15) is 0 Å². The van der Waals surface area contributed by atoms with E-state index in [1.54, 1.807) is 0 Å². The van der Waals surface area contributed by atoms with Crippen molar-refractivity contribution in [1.29, 1.82) is 0 Å². The highest BCUT2D eigenvalue weighted by molar-refractivity contribution is 7.27. The van der Waals surface area contributed by atoms with Gasteiger partial charge in [-0.3, -0.25) is 0 Å². The number of hydrogen-bond donors (Lipinski definition) is 0. The first-order valence-corrected chi connectivity index (χ1v) is 10.3. The molecule has 0 heterocycles. The average molecular weight is 368 g/mol. The Labute approximate surface area is 152 Å². The van der Waals surface area contributed by atoms with Crippen LogP contribution in [0.5, 0.6) is 0 Å². The fraction of sp³-hybridized carbons (Fsp3) is 0.143. The van der Waals surface area contributed by atoms with E-state index in [4.69, 9.17) is 0 Å². The summed E-state index contributed by atoms with van der Waals surface area (Å²) in [7, 11) is 8.42. The molecule has 122 valence electrons. The van der Waals surface area contributed by atoms with Gasteiger partial charge in [0.2, 0.25) is 0 Å². The smallest absolute Gasteiger partial charge is 0.0128 e. The van der Waals surface area contributed by atoms with E-state index < -0.39 is 0 Å². The van der Waals surface area contributed by atoms with E-state index in [0.29, 0.717) is 0 Å². The Bertz CT molecular complexity index is 846. The minimum absolute atomic E-state index is 0.986. The van der Waals surface area contributed by atoms with Crippen LogP contribution in [-0.4, -0.2) is 0 Å². The van der Waals surface area contributed by atoms with E-state index in [-0.39, 0.29) is 0 Å². The van der Waals surface area contributed by atoms with Gasteiger partial charge >= 0.3 is 0 Å². The Hall–Kier alpha value is -1.05. The first kappa shape index (κ1) is 17.8. The van der Waals surface area contributed by atoms with Gasteiger partial charge in [0.1, 0.15) is 0 Å². The van der Waals surface area contributed by atoms with Crippen LogP contribution in [0.4, 0.5) is 0 Å². The van der Waals surface area contributed by atoms with Crippen LogP contribution in [0.2, 0.25) is 0 Å². The van der Waals surface area contributed by atoms with E-state index >= 15 is 0 Å². The summed E-state index contributed by atoms with van der Waals surface area (Å²) in [5.74, 6) is 0.